The second-order valence-corrected chi connectivity index (χ2v) is 10.1. The largest absolute Gasteiger partial charge is 0.469 e. The molecule has 2 fully saturated rings. The zero-order chi connectivity index (χ0) is 22.8. The van der Waals surface area contributed by atoms with E-state index in [0.717, 1.165) is 16.8 Å². The number of aryl methyl sites for hydroxylation is 1. The van der Waals surface area contributed by atoms with E-state index in [2.05, 4.69) is 48.6 Å². The van der Waals surface area contributed by atoms with Gasteiger partial charge in [0.25, 0.3) is 0 Å². The Morgan fingerprint density at radius 3 is 2.34 bits per heavy atom. The van der Waals surface area contributed by atoms with Gasteiger partial charge in [0.05, 0.1) is 31.2 Å². The molecule has 0 spiro atoms. The fraction of sp³-hybridized carbons (Fsp3) is 0.462. The number of para-hydroxylation sites is 1. The number of fused-ring (bicyclic) bond motifs is 5. The lowest BCUT2D eigenvalue weighted by Gasteiger charge is -2.43. The van der Waals surface area contributed by atoms with E-state index in [1.54, 1.807) is 0 Å². The van der Waals surface area contributed by atoms with Crippen LogP contribution >= 0.6 is 0 Å². The Kier molecular flexibility index (Phi) is 4.73. The Morgan fingerprint density at radius 2 is 1.69 bits per heavy atom. The third-order valence-corrected chi connectivity index (χ3v) is 6.96. The van der Waals surface area contributed by atoms with E-state index in [1.807, 2.05) is 37.8 Å². The molecule has 1 aliphatic carbocycles. The molecule has 5 rings (SSSR count). The van der Waals surface area contributed by atoms with Crippen molar-refractivity contribution < 1.29 is 19.1 Å². The van der Waals surface area contributed by atoms with Gasteiger partial charge in [-0.1, -0.05) is 48.0 Å². The number of methoxy groups -OCH3 is 1. The highest BCUT2D eigenvalue weighted by Crippen LogP contribution is 2.67. The van der Waals surface area contributed by atoms with E-state index in [9.17, 15) is 9.59 Å². The number of piperidine rings is 1. The highest BCUT2D eigenvalue weighted by atomic mass is 16.6. The lowest BCUT2D eigenvalue weighted by atomic mass is 9.77. The molecule has 168 valence electrons. The van der Waals surface area contributed by atoms with Gasteiger partial charge >= 0.3 is 12.1 Å². The summed E-state index contributed by atoms with van der Waals surface area (Å²) < 4.78 is 10.9. The average Bonchev–Trinajstić information content (AvgIpc) is 3.36. The van der Waals surface area contributed by atoms with E-state index in [4.69, 9.17) is 9.47 Å². The molecule has 2 aliphatic heterocycles. The quantitative estimate of drug-likeness (QED) is 0.684. The number of esters is 1. The summed E-state index contributed by atoms with van der Waals surface area (Å²) in [5.74, 6) is -0.524. The Morgan fingerprint density at radius 1 is 1.00 bits per heavy atom. The van der Waals surface area contributed by atoms with Crippen LogP contribution in [0.15, 0.2) is 48.5 Å². The predicted molar refractivity (Wildman–Crippen MR) is 121 cm³/mol. The minimum Gasteiger partial charge on any atom is -0.469 e. The molecule has 1 unspecified atom stereocenters. The minimum atomic E-state index is -0.622. The van der Waals surface area contributed by atoms with Crippen LogP contribution in [0.4, 0.5) is 10.5 Å². The summed E-state index contributed by atoms with van der Waals surface area (Å²) in [6, 6.07) is 16.2. The normalized spacial score (nSPS) is 29.8. The van der Waals surface area contributed by atoms with Crippen molar-refractivity contribution in [3.05, 3.63) is 65.2 Å². The first-order chi connectivity index (χ1) is 15.2. The lowest BCUT2D eigenvalue weighted by molar-refractivity contribution is -0.143. The molecule has 0 bridgehead atoms. The van der Waals surface area contributed by atoms with Crippen molar-refractivity contribution in [2.75, 3.05) is 12.4 Å². The topological polar surface area (TPSA) is 67.9 Å². The van der Waals surface area contributed by atoms with Crippen LogP contribution in [-0.2, 0) is 14.3 Å². The molecule has 6 heteroatoms. The highest BCUT2D eigenvalue weighted by molar-refractivity contribution is 5.82. The second-order valence-electron chi connectivity index (χ2n) is 10.1. The number of rotatable bonds is 2. The molecule has 32 heavy (non-hydrogen) atoms. The molecule has 0 radical (unpaired) electrons. The Bertz CT molecular complexity index is 1060. The number of amides is 1. The lowest BCUT2D eigenvalue weighted by Crippen LogP contribution is -2.44. The minimum absolute atomic E-state index is 0.0205. The molecule has 1 amide bonds. The monoisotopic (exact) mass is 434 g/mol. The van der Waals surface area contributed by atoms with Crippen molar-refractivity contribution in [1.29, 1.82) is 0 Å². The van der Waals surface area contributed by atoms with Crippen molar-refractivity contribution in [1.82, 2.24) is 4.90 Å². The molecule has 6 nitrogen and oxygen atoms in total. The zero-order valence-corrected chi connectivity index (χ0v) is 19.2. The van der Waals surface area contributed by atoms with Crippen LogP contribution in [0.3, 0.4) is 0 Å². The maximum Gasteiger partial charge on any atom is 0.411 e. The number of anilines is 1. The summed E-state index contributed by atoms with van der Waals surface area (Å²) >= 11 is 0. The smallest absolute Gasteiger partial charge is 0.411 e. The first kappa shape index (κ1) is 20.9. The second kappa shape index (κ2) is 7.26. The molecule has 3 aliphatic rings. The summed E-state index contributed by atoms with van der Waals surface area (Å²) in [7, 11) is 1.41. The SMILES string of the molecule is COC(=O)C1[C@H]2[C@@H]3[C@H](c4ccc(C)cc4)Nc4ccccc4[C@@H]3N(C(=O)OC(C)(C)C)[C@@H]12. The maximum absolute atomic E-state index is 13.4. The number of carbonyl (C=O) groups excluding carboxylic acids is 2. The number of ether oxygens (including phenoxy) is 2. The van der Waals surface area contributed by atoms with Crippen LogP contribution in [0.25, 0.3) is 0 Å². The summed E-state index contributed by atoms with van der Waals surface area (Å²) in [4.78, 5) is 27.9. The fourth-order valence-corrected chi connectivity index (χ4v) is 5.70. The summed E-state index contributed by atoms with van der Waals surface area (Å²) in [5, 5.41) is 3.72. The van der Waals surface area contributed by atoms with Gasteiger partial charge in [0.15, 0.2) is 0 Å². The third-order valence-electron chi connectivity index (χ3n) is 6.96. The Hall–Kier alpha value is -3.02. The van der Waals surface area contributed by atoms with E-state index in [0.29, 0.717) is 0 Å². The van der Waals surface area contributed by atoms with Gasteiger partial charge in [0, 0.05) is 17.5 Å². The molecule has 6 atom stereocenters. The molecule has 0 aromatic heterocycles. The van der Waals surface area contributed by atoms with Gasteiger partial charge in [-0.3, -0.25) is 9.69 Å². The first-order valence-corrected chi connectivity index (χ1v) is 11.2. The van der Waals surface area contributed by atoms with Crippen LogP contribution in [0, 0.1) is 24.7 Å². The van der Waals surface area contributed by atoms with Gasteiger partial charge in [0.2, 0.25) is 0 Å². The fourth-order valence-electron chi connectivity index (χ4n) is 5.70. The van der Waals surface area contributed by atoms with Gasteiger partial charge in [-0.15, -0.1) is 0 Å². The molecule has 1 saturated carbocycles. The van der Waals surface area contributed by atoms with Gasteiger partial charge in [-0.25, -0.2) is 4.79 Å². The summed E-state index contributed by atoms with van der Waals surface area (Å²) in [5.41, 5.74) is 3.81. The summed E-state index contributed by atoms with van der Waals surface area (Å²) in [6.45, 7) is 7.67. The number of hydrogen-bond donors (Lipinski definition) is 1. The molecule has 1 saturated heterocycles. The van der Waals surface area contributed by atoms with Crippen LogP contribution in [0.5, 0.6) is 0 Å². The maximum atomic E-state index is 13.4. The third kappa shape index (κ3) is 3.24. The standard InChI is InChI=1S/C26H30N2O4/c1-14-10-12-15(13-11-14)21-19-18-20(24(29)31-5)23(18)28(25(30)32-26(2,3)4)22(19)16-8-6-7-9-17(16)27-21/h6-13,18-23,27H,1-5H3/t18-,19-,20?,21+,22+,23-/m1/s1. The van der Waals surface area contributed by atoms with Crippen LogP contribution < -0.4 is 5.32 Å². The first-order valence-electron chi connectivity index (χ1n) is 11.2. The van der Waals surface area contributed by atoms with Gasteiger partial charge < -0.3 is 14.8 Å². The number of hydrogen-bond acceptors (Lipinski definition) is 5. The molecule has 2 heterocycles. The molecule has 2 aromatic rings. The number of nitrogens with zero attached hydrogens (tertiary/aromatic N) is 1. The van der Waals surface area contributed by atoms with Crippen molar-refractivity contribution in [3.63, 3.8) is 0 Å². The highest BCUT2D eigenvalue weighted by Gasteiger charge is 2.73. The van der Waals surface area contributed by atoms with Crippen molar-refractivity contribution in [2.24, 2.45) is 17.8 Å². The molecule has 1 N–H and O–H groups in total. The van der Waals surface area contributed by atoms with Crippen molar-refractivity contribution >= 4 is 17.7 Å². The van der Waals surface area contributed by atoms with E-state index >= 15 is 0 Å². The molecule has 2 aromatic carbocycles. The predicted octanol–water partition coefficient (Wildman–Crippen LogP) is 4.86. The van der Waals surface area contributed by atoms with Gasteiger partial charge in [-0.05, 0) is 44.9 Å². The zero-order valence-electron chi connectivity index (χ0n) is 19.2. The van der Waals surface area contributed by atoms with Crippen molar-refractivity contribution in [2.45, 2.75) is 51.4 Å². The summed E-state index contributed by atoms with van der Waals surface area (Å²) in [6.07, 6.45) is -0.370. The molecular formula is C26H30N2O4. The van der Waals surface area contributed by atoms with E-state index < -0.39 is 5.60 Å². The van der Waals surface area contributed by atoms with Crippen molar-refractivity contribution in [3.8, 4) is 0 Å². The number of likely N-dealkylation sites (tertiary alicyclic amines) is 1. The number of nitrogens with one attached hydrogen (secondary N) is 1. The number of carbonyl (C=O) groups is 2. The van der Waals surface area contributed by atoms with Gasteiger partial charge in [0.1, 0.15) is 5.60 Å². The van der Waals surface area contributed by atoms with E-state index in [-0.39, 0.29) is 47.9 Å². The van der Waals surface area contributed by atoms with Crippen LogP contribution in [-0.4, -0.2) is 35.7 Å². The Labute approximate surface area is 188 Å². The van der Waals surface area contributed by atoms with E-state index in [1.165, 1.54) is 12.7 Å². The van der Waals surface area contributed by atoms with Crippen LogP contribution in [0.1, 0.15) is 49.5 Å². The van der Waals surface area contributed by atoms with Gasteiger partial charge in [-0.2, -0.15) is 0 Å². The Balaban J connectivity index is 1.62. The molecular weight excluding hydrogens is 404 g/mol. The average molecular weight is 435 g/mol. The number of benzene rings is 2. The van der Waals surface area contributed by atoms with Crippen LogP contribution in [0.2, 0.25) is 0 Å².